The first kappa shape index (κ1) is 24.1. The van der Waals surface area contributed by atoms with E-state index >= 15 is 0 Å². The summed E-state index contributed by atoms with van der Waals surface area (Å²) in [6.45, 7) is 20.0. The predicted octanol–water partition coefficient (Wildman–Crippen LogP) is 4.61. The van der Waals surface area contributed by atoms with Gasteiger partial charge in [-0.3, -0.25) is 10.2 Å². The summed E-state index contributed by atoms with van der Waals surface area (Å²) in [5, 5.41) is 7.98. The lowest BCUT2D eigenvalue weighted by Crippen LogP contribution is -2.36. The molecule has 0 aromatic carbocycles. The van der Waals surface area contributed by atoms with E-state index in [1.165, 1.54) is 0 Å². The Morgan fingerprint density at radius 3 is 1.72 bits per heavy atom. The SMILES string of the molecule is CC(=NC(CCC(=N)O[Si](C)(C)C)C(=O)O[Si](C)(C)C)O[Si](C)(C)C. The van der Waals surface area contributed by atoms with Gasteiger partial charge in [-0.05, 0) is 65.3 Å². The minimum absolute atomic E-state index is 0.212. The first-order valence-corrected chi connectivity index (χ1v) is 18.9. The Labute approximate surface area is 156 Å². The quantitative estimate of drug-likeness (QED) is 0.364. The summed E-state index contributed by atoms with van der Waals surface area (Å²) in [5.41, 5.74) is 0. The molecule has 0 bridgehead atoms. The molecule has 1 unspecified atom stereocenters. The lowest BCUT2D eigenvalue weighted by Gasteiger charge is -2.24. The van der Waals surface area contributed by atoms with E-state index in [-0.39, 0.29) is 11.9 Å². The average Bonchev–Trinajstić information content (AvgIpc) is 2.27. The molecular weight excluding hydrogens is 368 g/mol. The first-order valence-electron chi connectivity index (χ1n) is 8.71. The van der Waals surface area contributed by atoms with Crippen LogP contribution in [0.5, 0.6) is 0 Å². The van der Waals surface area contributed by atoms with Gasteiger partial charge in [0.15, 0.2) is 11.8 Å². The molecule has 9 heteroatoms. The first-order chi connectivity index (χ1) is 11.0. The molecule has 6 nitrogen and oxygen atoms in total. The van der Waals surface area contributed by atoms with Gasteiger partial charge in [0, 0.05) is 13.3 Å². The van der Waals surface area contributed by atoms with Crippen molar-refractivity contribution in [1.29, 1.82) is 5.41 Å². The summed E-state index contributed by atoms with van der Waals surface area (Å²) in [6.07, 6.45) is 0.748. The normalized spacial score (nSPS) is 14.7. The Bertz CT molecular complexity index is 503. The highest BCUT2D eigenvalue weighted by Gasteiger charge is 2.28. The topological polar surface area (TPSA) is 81.0 Å². The van der Waals surface area contributed by atoms with Crippen molar-refractivity contribution in [2.75, 3.05) is 0 Å². The van der Waals surface area contributed by atoms with Crippen LogP contribution in [-0.4, -0.2) is 48.8 Å². The molecule has 146 valence electrons. The number of hydrogen-bond donors (Lipinski definition) is 1. The van der Waals surface area contributed by atoms with Crippen molar-refractivity contribution >= 4 is 42.7 Å². The highest BCUT2D eigenvalue weighted by Crippen LogP contribution is 2.14. The molecular formula is C16H36N2O4Si3. The summed E-state index contributed by atoms with van der Waals surface area (Å²) in [4.78, 5) is 17.0. The number of carbonyl (C=O) groups is 1. The van der Waals surface area contributed by atoms with Gasteiger partial charge < -0.3 is 13.3 Å². The lowest BCUT2D eigenvalue weighted by molar-refractivity contribution is -0.136. The van der Waals surface area contributed by atoms with Crippen LogP contribution >= 0.6 is 0 Å². The van der Waals surface area contributed by atoms with E-state index in [1.807, 2.05) is 39.3 Å². The summed E-state index contributed by atoms with van der Waals surface area (Å²) in [5.74, 6) is 0.386. The molecule has 0 aliphatic rings. The fourth-order valence-corrected chi connectivity index (χ4v) is 4.50. The van der Waals surface area contributed by atoms with Gasteiger partial charge in [-0.15, -0.1) is 0 Å². The van der Waals surface area contributed by atoms with E-state index in [0.29, 0.717) is 18.7 Å². The number of nitrogens with zero attached hydrogens (tertiary/aromatic N) is 1. The Hall–Kier alpha value is -0.939. The fraction of sp³-hybridized carbons (Fsp3) is 0.812. The molecule has 0 saturated carbocycles. The van der Waals surface area contributed by atoms with Crippen LogP contribution in [0.2, 0.25) is 58.9 Å². The molecule has 0 radical (unpaired) electrons. The molecule has 0 aliphatic carbocycles. The Balaban J connectivity index is 5.11. The maximum atomic E-state index is 12.5. The van der Waals surface area contributed by atoms with E-state index in [2.05, 4.69) is 24.6 Å². The minimum Gasteiger partial charge on any atom is -0.535 e. The molecule has 0 aromatic heterocycles. The van der Waals surface area contributed by atoms with Gasteiger partial charge >= 0.3 is 5.97 Å². The van der Waals surface area contributed by atoms with Gasteiger partial charge in [-0.1, -0.05) is 0 Å². The van der Waals surface area contributed by atoms with Crippen LogP contribution in [0, 0.1) is 5.41 Å². The van der Waals surface area contributed by atoms with E-state index in [4.69, 9.17) is 18.7 Å². The zero-order valence-electron chi connectivity index (χ0n) is 17.6. The predicted molar refractivity (Wildman–Crippen MR) is 112 cm³/mol. The fourth-order valence-electron chi connectivity index (χ4n) is 1.98. The second-order valence-electron chi connectivity index (χ2n) is 9.09. The van der Waals surface area contributed by atoms with Crippen molar-refractivity contribution < 1.29 is 18.1 Å². The van der Waals surface area contributed by atoms with Crippen molar-refractivity contribution in [3.8, 4) is 0 Å². The van der Waals surface area contributed by atoms with Crippen molar-refractivity contribution in [3.05, 3.63) is 0 Å². The third-order valence-electron chi connectivity index (χ3n) is 2.54. The van der Waals surface area contributed by atoms with Crippen molar-refractivity contribution in [1.82, 2.24) is 0 Å². The second-order valence-corrected chi connectivity index (χ2v) is 22.4. The van der Waals surface area contributed by atoms with Crippen LogP contribution in [0.3, 0.4) is 0 Å². The number of carbonyl (C=O) groups excluding carboxylic acids is 1. The number of aliphatic imine (C=N–C) groups is 1. The molecule has 1 N–H and O–H groups in total. The molecule has 0 aliphatic heterocycles. The number of nitrogens with one attached hydrogen (secondary N) is 1. The van der Waals surface area contributed by atoms with Gasteiger partial charge in [0.1, 0.15) is 6.04 Å². The van der Waals surface area contributed by atoms with E-state index in [1.54, 1.807) is 6.92 Å². The zero-order chi connectivity index (χ0) is 20.1. The summed E-state index contributed by atoms with van der Waals surface area (Å²) < 4.78 is 17.1. The Morgan fingerprint density at radius 1 is 0.880 bits per heavy atom. The van der Waals surface area contributed by atoms with Crippen LogP contribution in [0.4, 0.5) is 0 Å². The second kappa shape index (κ2) is 9.13. The number of rotatable bonds is 8. The molecule has 25 heavy (non-hydrogen) atoms. The standard InChI is InChI=1S/C16H36N2O4Si3/c1-13(20-23(2,3)4)18-14(16(19)22-25(8,9)10)11-12-15(17)21-24(5,6)7/h14,17H,11-12H2,1-10H3. The van der Waals surface area contributed by atoms with Crippen LogP contribution in [0.15, 0.2) is 4.99 Å². The third kappa shape index (κ3) is 14.0. The molecule has 0 aromatic rings. The number of hydrogen-bond acceptors (Lipinski definition) is 6. The van der Waals surface area contributed by atoms with Crippen molar-refractivity contribution in [2.24, 2.45) is 4.99 Å². The Kier molecular flexibility index (Phi) is 8.79. The third-order valence-corrected chi connectivity index (χ3v) is 5.12. The monoisotopic (exact) mass is 404 g/mol. The van der Waals surface area contributed by atoms with Crippen LogP contribution in [-0.2, 0) is 18.1 Å². The lowest BCUT2D eigenvalue weighted by atomic mass is 10.1. The summed E-state index contributed by atoms with van der Waals surface area (Å²) >= 11 is 0. The molecule has 0 heterocycles. The summed E-state index contributed by atoms with van der Waals surface area (Å²) in [7, 11) is -5.60. The van der Waals surface area contributed by atoms with Gasteiger partial charge in [0.05, 0.1) is 0 Å². The largest absolute Gasteiger partial charge is 0.535 e. The molecule has 0 rings (SSSR count). The Morgan fingerprint density at radius 2 is 1.32 bits per heavy atom. The molecule has 0 amide bonds. The van der Waals surface area contributed by atoms with Gasteiger partial charge in [0.2, 0.25) is 25.0 Å². The van der Waals surface area contributed by atoms with Gasteiger partial charge in [-0.2, -0.15) is 0 Å². The average molecular weight is 405 g/mol. The van der Waals surface area contributed by atoms with Crippen LogP contribution < -0.4 is 0 Å². The zero-order valence-corrected chi connectivity index (χ0v) is 20.6. The molecule has 1 atom stereocenters. The van der Waals surface area contributed by atoms with Crippen LogP contribution in [0.25, 0.3) is 0 Å². The molecule has 0 fully saturated rings. The minimum atomic E-state index is -2.00. The van der Waals surface area contributed by atoms with Crippen molar-refractivity contribution in [3.63, 3.8) is 0 Å². The summed E-state index contributed by atoms with van der Waals surface area (Å²) in [6, 6.07) is -0.659. The maximum absolute atomic E-state index is 12.5. The molecule has 0 saturated heterocycles. The van der Waals surface area contributed by atoms with Gasteiger partial charge in [0.25, 0.3) is 0 Å². The highest BCUT2D eigenvalue weighted by molar-refractivity contribution is 6.72. The molecule has 0 spiro atoms. The van der Waals surface area contributed by atoms with E-state index in [9.17, 15) is 4.79 Å². The smallest absolute Gasteiger partial charge is 0.317 e. The van der Waals surface area contributed by atoms with Gasteiger partial charge in [-0.25, -0.2) is 4.99 Å². The highest BCUT2D eigenvalue weighted by atomic mass is 28.4. The van der Waals surface area contributed by atoms with E-state index in [0.717, 1.165) is 0 Å². The van der Waals surface area contributed by atoms with E-state index < -0.39 is 31.0 Å². The maximum Gasteiger partial charge on any atom is 0.317 e. The van der Waals surface area contributed by atoms with Crippen LogP contribution in [0.1, 0.15) is 19.8 Å². The van der Waals surface area contributed by atoms with Crippen molar-refractivity contribution in [2.45, 2.75) is 84.7 Å².